The van der Waals surface area contributed by atoms with E-state index in [1.165, 1.54) is 18.2 Å². The molecule has 0 aliphatic heterocycles. The van der Waals surface area contributed by atoms with Gasteiger partial charge in [-0.05, 0) is 47.9 Å². The molecule has 0 aliphatic carbocycles. The highest BCUT2D eigenvalue weighted by atomic mass is 19.1. The van der Waals surface area contributed by atoms with E-state index in [0.29, 0.717) is 5.56 Å². The molecule has 0 atom stereocenters. The highest BCUT2D eigenvalue weighted by Crippen LogP contribution is 2.33. The van der Waals surface area contributed by atoms with Crippen molar-refractivity contribution in [2.24, 2.45) is 0 Å². The van der Waals surface area contributed by atoms with E-state index in [4.69, 9.17) is 0 Å². The average Bonchev–Trinajstić information content (AvgIpc) is 2.26. The van der Waals surface area contributed by atoms with Crippen LogP contribution in [0.5, 0.6) is 11.5 Å². The minimum Gasteiger partial charge on any atom is -0.504 e. The molecule has 82 valence electrons. The second kappa shape index (κ2) is 3.85. The SMILES string of the molecule is Cc1cc(-c2ccc(F)cc2)cc(O)c1O. The summed E-state index contributed by atoms with van der Waals surface area (Å²) in [6, 6.07) is 9.15. The van der Waals surface area contributed by atoms with Gasteiger partial charge in [-0.15, -0.1) is 0 Å². The molecule has 2 nitrogen and oxygen atoms in total. The van der Waals surface area contributed by atoms with E-state index in [1.807, 2.05) is 0 Å². The Hall–Kier alpha value is -2.03. The van der Waals surface area contributed by atoms with Crippen LogP contribution in [0.15, 0.2) is 36.4 Å². The number of benzene rings is 2. The lowest BCUT2D eigenvalue weighted by molar-refractivity contribution is 0.401. The molecule has 0 radical (unpaired) electrons. The molecule has 0 heterocycles. The lowest BCUT2D eigenvalue weighted by Crippen LogP contribution is -1.82. The smallest absolute Gasteiger partial charge is 0.160 e. The maximum atomic E-state index is 12.7. The van der Waals surface area contributed by atoms with Crippen molar-refractivity contribution < 1.29 is 14.6 Å². The van der Waals surface area contributed by atoms with Crippen molar-refractivity contribution in [1.29, 1.82) is 0 Å². The van der Waals surface area contributed by atoms with Crippen LogP contribution in [0.25, 0.3) is 11.1 Å². The van der Waals surface area contributed by atoms with E-state index in [-0.39, 0.29) is 17.3 Å². The van der Waals surface area contributed by atoms with Crippen LogP contribution in [0.3, 0.4) is 0 Å². The van der Waals surface area contributed by atoms with E-state index in [0.717, 1.165) is 11.1 Å². The number of aryl methyl sites for hydroxylation is 1. The third-order valence-electron chi connectivity index (χ3n) is 2.46. The van der Waals surface area contributed by atoms with Gasteiger partial charge in [0.2, 0.25) is 0 Å². The normalized spacial score (nSPS) is 10.4. The van der Waals surface area contributed by atoms with Crippen molar-refractivity contribution in [2.75, 3.05) is 0 Å². The Kier molecular flexibility index (Phi) is 2.52. The summed E-state index contributed by atoms with van der Waals surface area (Å²) in [7, 11) is 0. The Labute approximate surface area is 92.6 Å². The van der Waals surface area contributed by atoms with Crippen molar-refractivity contribution in [3.8, 4) is 22.6 Å². The third-order valence-corrected chi connectivity index (χ3v) is 2.46. The van der Waals surface area contributed by atoms with E-state index in [2.05, 4.69) is 0 Å². The van der Waals surface area contributed by atoms with Crippen LogP contribution in [-0.2, 0) is 0 Å². The van der Waals surface area contributed by atoms with E-state index >= 15 is 0 Å². The van der Waals surface area contributed by atoms with Gasteiger partial charge < -0.3 is 10.2 Å². The van der Waals surface area contributed by atoms with Gasteiger partial charge in [-0.1, -0.05) is 12.1 Å². The Morgan fingerprint density at radius 1 is 0.938 bits per heavy atom. The molecule has 16 heavy (non-hydrogen) atoms. The molecule has 3 heteroatoms. The van der Waals surface area contributed by atoms with Crippen LogP contribution >= 0.6 is 0 Å². The zero-order chi connectivity index (χ0) is 11.7. The standard InChI is InChI=1S/C13H11FO2/c1-8-6-10(7-12(15)13(8)16)9-2-4-11(14)5-3-9/h2-7,15-16H,1H3. The molecule has 2 aromatic carbocycles. The minimum atomic E-state index is -0.302. The predicted molar refractivity (Wildman–Crippen MR) is 59.9 cm³/mol. The Morgan fingerprint density at radius 3 is 2.12 bits per heavy atom. The molecule has 0 aliphatic rings. The summed E-state index contributed by atoms with van der Waals surface area (Å²) >= 11 is 0. The van der Waals surface area contributed by atoms with Gasteiger partial charge in [0.25, 0.3) is 0 Å². The fourth-order valence-corrected chi connectivity index (χ4v) is 1.57. The predicted octanol–water partition coefficient (Wildman–Crippen LogP) is 3.21. The van der Waals surface area contributed by atoms with Gasteiger partial charge in [-0.25, -0.2) is 4.39 Å². The molecule has 0 aromatic heterocycles. The first kappa shape index (κ1) is 10.5. The number of phenols is 2. The maximum absolute atomic E-state index is 12.7. The largest absolute Gasteiger partial charge is 0.504 e. The van der Waals surface area contributed by atoms with Gasteiger partial charge in [0, 0.05) is 0 Å². The Bertz CT molecular complexity index is 495. The first-order chi connectivity index (χ1) is 7.58. The second-order valence-corrected chi connectivity index (χ2v) is 3.67. The molecule has 2 N–H and O–H groups in total. The highest BCUT2D eigenvalue weighted by molar-refractivity contribution is 5.68. The van der Waals surface area contributed by atoms with Crippen LogP contribution in [0.4, 0.5) is 4.39 Å². The summed E-state index contributed by atoms with van der Waals surface area (Å²) in [5.74, 6) is -0.589. The van der Waals surface area contributed by atoms with Crippen LogP contribution in [-0.4, -0.2) is 10.2 Å². The molecule has 0 fully saturated rings. The van der Waals surface area contributed by atoms with Gasteiger partial charge in [-0.2, -0.15) is 0 Å². The summed E-state index contributed by atoms with van der Waals surface area (Å²) in [5.41, 5.74) is 2.12. The summed E-state index contributed by atoms with van der Waals surface area (Å²) in [6.07, 6.45) is 0. The van der Waals surface area contributed by atoms with Crippen LogP contribution in [0, 0.1) is 12.7 Å². The van der Waals surface area contributed by atoms with Crippen molar-refractivity contribution in [3.05, 3.63) is 47.8 Å². The van der Waals surface area contributed by atoms with E-state index < -0.39 is 0 Å². The first-order valence-corrected chi connectivity index (χ1v) is 4.86. The average molecular weight is 218 g/mol. The number of hydrogen-bond donors (Lipinski definition) is 2. The van der Waals surface area contributed by atoms with Crippen LogP contribution in [0.2, 0.25) is 0 Å². The number of hydrogen-bond acceptors (Lipinski definition) is 2. The summed E-state index contributed by atoms with van der Waals surface area (Å²) < 4.78 is 12.7. The van der Waals surface area contributed by atoms with Crippen LogP contribution in [0.1, 0.15) is 5.56 Å². The first-order valence-electron chi connectivity index (χ1n) is 4.86. The lowest BCUT2D eigenvalue weighted by atomic mass is 10.0. The van der Waals surface area contributed by atoms with E-state index in [1.54, 1.807) is 25.1 Å². The molecule has 2 aromatic rings. The Morgan fingerprint density at radius 2 is 1.56 bits per heavy atom. The molecule has 0 spiro atoms. The van der Waals surface area contributed by atoms with Crippen molar-refractivity contribution >= 4 is 0 Å². The van der Waals surface area contributed by atoms with Crippen LogP contribution < -0.4 is 0 Å². The van der Waals surface area contributed by atoms with Crippen molar-refractivity contribution in [2.45, 2.75) is 6.92 Å². The molecular weight excluding hydrogens is 207 g/mol. The topological polar surface area (TPSA) is 40.5 Å². The van der Waals surface area contributed by atoms with Crippen molar-refractivity contribution in [3.63, 3.8) is 0 Å². The molecule has 0 bridgehead atoms. The number of rotatable bonds is 1. The molecular formula is C13H11FO2. The number of phenolic OH excluding ortho intramolecular Hbond substituents is 2. The van der Waals surface area contributed by atoms with Crippen molar-refractivity contribution in [1.82, 2.24) is 0 Å². The van der Waals surface area contributed by atoms with E-state index in [9.17, 15) is 14.6 Å². The molecule has 0 saturated heterocycles. The summed E-state index contributed by atoms with van der Waals surface area (Å²) in [4.78, 5) is 0. The fraction of sp³-hybridized carbons (Fsp3) is 0.0769. The van der Waals surface area contributed by atoms with Gasteiger partial charge in [0.15, 0.2) is 11.5 Å². The third kappa shape index (κ3) is 1.84. The second-order valence-electron chi connectivity index (χ2n) is 3.67. The molecule has 0 amide bonds. The molecule has 0 saturated carbocycles. The van der Waals surface area contributed by atoms with Gasteiger partial charge in [0.05, 0.1) is 0 Å². The summed E-state index contributed by atoms with van der Waals surface area (Å²) in [6.45, 7) is 1.70. The monoisotopic (exact) mass is 218 g/mol. The quantitative estimate of drug-likeness (QED) is 0.721. The molecule has 2 rings (SSSR count). The zero-order valence-electron chi connectivity index (χ0n) is 8.74. The Balaban J connectivity index is 2.52. The molecule has 0 unspecified atom stereocenters. The number of aromatic hydroxyl groups is 2. The van der Waals surface area contributed by atoms with Gasteiger partial charge >= 0.3 is 0 Å². The number of halogens is 1. The van der Waals surface area contributed by atoms with Gasteiger partial charge in [-0.3, -0.25) is 0 Å². The minimum absolute atomic E-state index is 0.120. The lowest BCUT2D eigenvalue weighted by Gasteiger charge is -2.06. The summed E-state index contributed by atoms with van der Waals surface area (Å²) in [5, 5.41) is 18.9. The van der Waals surface area contributed by atoms with Gasteiger partial charge in [0.1, 0.15) is 5.82 Å². The zero-order valence-corrected chi connectivity index (χ0v) is 8.74. The maximum Gasteiger partial charge on any atom is 0.160 e. The fourth-order valence-electron chi connectivity index (χ4n) is 1.57. The highest BCUT2D eigenvalue weighted by Gasteiger charge is 2.07.